The van der Waals surface area contributed by atoms with Gasteiger partial charge in [-0.1, -0.05) is 12.1 Å². The second-order valence-electron chi connectivity index (χ2n) is 5.39. The predicted octanol–water partition coefficient (Wildman–Crippen LogP) is 0.255. The first-order chi connectivity index (χ1) is 10.4. The summed E-state index contributed by atoms with van der Waals surface area (Å²) in [4.78, 5) is 34.4. The summed E-state index contributed by atoms with van der Waals surface area (Å²) in [6.45, 7) is 2.30. The summed E-state index contributed by atoms with van der Waals surface area (Å²) in [5.41, 5.74) is 1.66. The minimum Gasteiger partial charge on any atom is -0.480 e. The first-order valence-electron chi connectivity index (χ1n) is 7.06. The average molecular weight is 305 g/mol. The van der Waals surface area contributed by atoms with Gasteiger partial charge in [0.25, 0.3) is 0 Å². The van der Waals surface area contributed by atoms with E-state index in [0.29, 0.717) is 18.7 Å². The molecular weight excluding hydrogens is 286 g/mol. The molecule has 1 heterocycles. The number of carbonyl (C=O) groups excluding carboxylic acids is 2. The number of aryl methyl sites for hydroxylation is 1. The lowest BCUT2D eigenvalue weighted by Gasteiger charge is -2.11. The number of hydrogen-bond acceptors (Lipinski definition) is 4. The van der Waals surface area contributed by atoms with Gasteiger partial charge in [0, 0.05) is 18.3 Å². The standard InChI is InChI=1S/C15H19N3O4/c1-9-3-2-4-10(5-9)17-13(19)7-14(20)18-11-6-12(15(21)22)16-8-11/h2-5,11-12,16H,6-8H2,1H3,(H,17,19)(H,18,20)(H,21,22)/t11-,12-/m0/s1. The summed E-state index contributed by atoms with van der Waals surface area (Å²) in [5, 5.41) is 17.0. The summed E-state index contributed by atoms with van der Waals surface area (Å²) in [6, 6.07) is 6.39. The molecule has 2 amide bonds. The number of rotatable bonds is 5. The second kappa shape index (κ2) is 7.04. The Morgan fingerprint density at radius 2 is 2.09 bits per heavy atom. The molecular formula is C15H19N3O4. The van der Waals surface area contributed by atoms with Gasteiger partial charge in [-0.2, -0.15) is 0 Å². The first-order valence-corrected chi connectivity index (χ1v) is 7.06. The van der Waals surface area contributed by atoms with Crippen LogP contribution in [-0.4, -0.2) is 41.5 Å². The Bertz CT molecular complexity index is 588. The van der Waals surface area contributed by atoms with E-state index in [0.717, 1.165) is 5.56 Å². The maximum atomic E-state index is 11.8. The summed E-state index contributed by atoms with van der Waals surface area (Å²) in [6.07, 6.45) is 0.0305. The van der Waals surface area contributed by atoms with Crippen molar-refractivity contribution in [3.8, 4) is 0 Å². The van der Waals surface area contributed by atoms with Gasteiger partial charge in [-0.3, -0.25) is 14.4 Å². The quantitative estimate of drug-likeness (QED) is 0.584. The van der Waals surface area contributed by atoms with Crippen LogP contribution in [0.1, 0.15) is 18.4 Å². The number of carboxylic acid groups (broad SMARTS) is 1. The molecule has 1 aliphatic heterocycles. The number of amides is 2. The Morgan fingerprint density at radius 3 is 2.73 bits per heavy atom. The zero-order valence-electron chi connectivity index (χ0n) is 12.3. The van der Waals surface area contributed by atoms with Crippen molar-refractivity contribution in [2.24, 2.45) is 0 Å². The van der Waals surface area contributed by atoms with E-state index in [9.17, 15) is 14.4 Å². The Morgan fingerprint density at radius 1 is 1.32 bits per heavy atom. The van der Waals surface area contributed by atoms with Gasteiger partial charge in [-0.25, -0.2) is 0 Å². The topological polar surface area (TPSA) is 108 Å². The first kappa shape index (κ1) is 16.0. The van der Waals surface area contributed by atoms with E-state index >= 15 is 0 Å². The van der Waals surface area contributed by atoms with E-state index in [2.05, 4.69) is 16.0 Å². The molecule has 0 unspecified atom stereocenters. The van der Waals surface area contributed by atoms with Crippen LogP contribution < -0.4 is 16.0 Å². The van der Waals surface area contributed by atoms with Crippen LogP contribution in [0.5, 0.6) is 0 Å². The van der Waals surface area contributed by atoms with Crippen molar-refractivity contribution < 1.29 is 19.5 Å². The number of carbonyl (C=O) groups is 3. The van der Waals surface area contributed by atoms with Crippen LogP contribution in [0.4, 0.5) is 5.69 Å². The summed E-state index contributed by atoms with van der Waals surface area (Å²) in [5.74, 6) is -1.75. The third-order valence-electron chi connectivity index (χ3n) is 3.42. The van der Waals surface area contributed by atoms with E-state index in [1.54, 1.807) is 6.07 Å². The van der Waals surface area contributed by atoms with Crippen molar-refractivity contribution >= 4 is 23.5 Å². The number of nitrogens with one attached hydrogen (secondary N) is 3. The average Bonchev–Trinajstić information content (AvgIpc) is 2.86. The van der Waals surface area contributed by atoms with Gasteiger partial charge in [0.05, 0.1) is 0 Å². The number of aliphatic carboxylic acids is 1. The Kier molecular flexibility index (Phi) is 5.11. The summed E-state index contributed by atoms with van der Waals surface area (Å²) >= 11 is 0. The highest BCUT2D eigenvalue weighted by atomic mass is 16.4. The molecule has 7 nitrogen and oxygen atoms in total. The van der Waals surface area contributed by atoms with E-state index in [-0.39, 0.29) is 12.5 Å². The molecule has 1 aromatic carbocycles. The summed E-state index contributed by atoms with van der Waals surface area (Å²) < 4.78 is 0. The van der Waals surface area contributed by atoms with Crippen LogP contribution in [0.15, 0.2) is 24.3 Å². The zero-order chi connectivity index (χ0) is 16.1. The molecule has 1 fully saturated rings. The molecule has 0 aromatic heterocycles. The van der Waals surface area contributed by atoms with Gasteiger partial charge in [0.2, 0.25) is 11.8 Å². The maximum Gasteiger partial charge on any atom is 0.320 e. The monoisotopic (exact) mass is 305 g/mol. The molecule has 1 aromatic rings. The highest BCUT2D eigenvalue weighted by Gasteiger charge is 2.30. The van der Waals surface area contributed by atoms with E-state index in [1.165, 1.54) is 0 Å². The largest absolute Gasteiger partial charge is 0.480 e. The Labute approximate surface area is 128 Å². The molecule has 0 radical (unpaired) electrons. The van der Waals surface area contributed by atoms with Crippen molar-refractivity contribution in [1.29, 1.82) is 0 Å². The second-order valence-corrected chi connectivity index (χ2v) is 5.39. The SMILES string of the molecule is Cc1cccc(NC(=O)CC(=O)N[C@@H]2CN[C@H](C(=O)O)C2)c1. The molecule has 0 saturated carbocycles. The van der Waals surface area contributed by atoms with Crippen LogP contribution in [0.25, 0.3) is 0 Å². The van der Waals surface area contributed by atoms with Gasteiger partial charge < -0.3 is 21.1 Å². The van der Waals surface area contributed by atoms with Gasteiger partial charge in [-0.15, -0.1) is 0 Å². The zero-order valence-corrected chi connectivity index (χ0v) is 12.3. The van der Waals surface area contributed by atoms with E-state index in [4.69, 9.17) is 5.11 Å². The van der Waals surface area contributed by atoms with E-state index < -0.39 is 23.8 Å². The lowest BCUT2D eigenvalue weighted by Crippen LogP contribution is -2.37. The molecule has 1 aliphatic rings. The van der Waals surface area contributed by atoms with Gasteiger partial charge in [-0.05, 0) is 31.0 Å². The molecule has 0 bridgehead atoms. The van der Waals surface area contributed by atoms with Crippen LogP contribution in [0, 0.1) is 6.92 Å². The fourth-order valence-corrected chi connectivity index (χ4v) is 2.39. The predicted molar refractivity (Wildman–Crippen MR) is 80.4 cm³/mol. The van der Waals surface area contributed by atoms with Crippen LogP contribution in [0.2, 0.25) is 0 Å². The third kappa shape index (κ3) is 4.56. The summed E-state index contributed by atoms with van der Waals surface area (Å²) in [7, 11) is 0. The maximum absolute atomic E-state index is 11.8. The van der Waals surface area contributed by atoms with Crippen LogP contribution >= 0.6 is 0 Å². The molecule has 7 heteroatoms. The molecule has 0 spiro atoms. The Balaban J connectivity index is 1.77. The number of hydrogen-bond donors (Lipinski definition) is 4. The molecule has 0 aliphatic carbocycles. The van der Waals surface area contributed by atoms with Crippen molar-refractivity contribution in [1.82, 2.24) is 10.6 Å². The van der Waals surface area contributed by atoms with Crippen molar-refractivity contribution in [3.05, 3.63) is 29.8 Å². The molecule has 118 valence electrons. The van der Waals surface area contributed by atoms with Crippen LogP contribution in [0.3, 0.4) is 0 Å². The highest BCUT2D eigenvalue weighted by Crippen LogP contribution is 2.10. The van der Waals surface area contributed by atoms with Gasteiger partial charge >= 0.3 is 5.97 Å². The number of carboxylic acids is 1. The van der Waals surface area contributed by atoms with Crippen molar-refractivity contribution in [2.45, 2.75) is 31.8 Å². The third-order valence-corrected chi connectivity index (χ3v) is 3.42. The lowest BCUT2D eigenvalue weighted by molar-refractivity contribution is -0.139. The molecule has 1 saturated heterocycles. The number of anilines is 1. The van der Waals surface area contributed by atoms with Crippen LogP contribution in [-0.2, 0) is 14.4 Å². The normalized spacial score (nSPS) is 20.4. The smallest absolute Gasteiger partial charge is 0.320 e. The van der Waals surface area contributed by atoms with Gasteiger partial charge in [0.15, 0.2) is 0 Å². The number of benzene rings is 1. The molecule has 2 atom stereocenters. The molecule has 2 rings (SSSR count). The fourth-order valence-electron chi connectivity index (χ4n) is 2.39. The molecule has 22 heavy (non-hydrogen) atoms. The van der Waals surface area contributed by atoms with Crippen molar-refractivity contribution in [2.75, 3.05) is 11.9 Å². The van der Waals surface area contributed by atoms with Gasteiger partial charge in [0.1, 0.15) is 12.5 Å². The highest BCUT2D eigenvalue weighted by molar-refractivity contribution is 6.03. The fraction of sp³-hybridized carbons (Fsp3) is 0.400. The minimum atomic E-state index is -0.936. The lowest BCUT2D eigenvalue weighted by atomic mass is 10.1. The van der Waals surface area contributed by atoms with E-state index in [1.807, 2.05) is 25.1 Å². The molecule has 4 N–H and O–H groups in total. The minimum absolute atomic E-state index is 0.264. The Hall–Kier alpha value is -2.41. The van der Waals surface area contributed by atoms with Crippen molar-refractivity contribution in [3.63, 3.8) is 0 Å².